The molecule has 0 amide bonds. The van der Waals surface area contributed by atoms with Crippen LogP contribution >= 0.6 is 0 Å². The number of hydrogen-bond donors (Lipinski definition) is 0. The van der Waals surface area contributed by atoms with Crippen molar-refractivity contribution in [2.75, 3.05) is 0 Å². The quantitative estimate of drug-likeness (QED) is 0.546. The van der Waals surface area contributed by atoms with E-state index in [1.54, 1.807) is 0 Å². The number of rotatable bonds is 3. The maximum atomic E-state index is 11.8. The summed E-state index contributed by atoms with van der Waals surface area (Å²) >= 11 is 0. The highest BCUT2D eigenvalue weighted by atomic mass is 28.3. The van der Waals surface area contributed by atoms with Crippen LogP contribution in [-0.2, 0) is 0 Å². The summed E-state index contributed by atoms with van der Waals surface area (Å²) in [5.74, 6) is 0.379. The molecule has 2 heteroatoms. The van der Waals surface area contributed by atoms with Gasteiger partial charge in [0.05, 0.1) is 0 Å². The first-order valence-electron chi connectivity index (χ1n) is 5.44. The van der Waals surface area contributed by atoms with Crippen LogP contribution in [0.5, 0.6) is 0 Å². The average Bonchev–Trinajstić information content (AvgIpc) is 2.72. The van der Waals surface area contributed by atoms with E-state index >= 15 is 0 Å². The average molecular weight is 204 g/mol. The molecule has 1 nitrogen and oxygen atoms in total. The second-order valence-electron chi connectivity index (χ2n) is 4.14. The third kappa shape index (κ3) is 2.32. The van der Waals surface area contributed by atoms with Gasteiger partial charge in [0.2, 0.25) is 0 Å². The summed E-state index contributed by atoms with van der Waals surface area (Å²) in [5, 5.41) is 0. The van der Waals surface area contributed by atoms with Gasteiger partial charge in [0.1, 0.15) is 0 Å². The van der Waals surface area contributed by atoms with E-state index in [-0.39, 0.29) is 0 Å². The molecule has 1 heterocycles. The van der Waals surface area contributed by atoms with Crippen molar-refractivity contribution < 1.29 is 4.79 Å². The van der Waals surface area contributed by atoms with Gasteiger partial charge in [0.15, 0.2) is 5.78 Å². The van der Waals surface area contributed by atoms with Crippen molar-refractivity contribution in [3.05, 3.63) is 35.9 Å². The minimum atomic E-state index is -0.658. The first-order valence-corrected chi connectivity index (χ1v) is 7.89. The highest BCUT2D eigenvalue weighted by molar-refractivity contribution is 6.63. The summed E-state index contributed by atoms with van der Waals surface area (Å²) in [6.07, 6.45) is 2.75. The van der Waals surface area contributed by atoms with E-state index in [2.05, 4.69) is 0 Å². The molecule has 0 N–H and O–H groups in total. The minimum Gasteiger partial charge on any atom is -0.295 e. The molecular weight excluding hydrogens is 188 g/mol. The van der Waals surface area contributed by atoms with Crippen LogP contribution in [0.2, 0.25) is 18.1 Å². The lowest BCUT2D eigenvalue weighted by Crippen LogP contribution is -2.12. The molecule has 0 saturated carbocycles. The van der Waals surface area contributed by atoms with Gasteiger partial charge < -0.3 is 0 Å². The molecule has 74 valence electrons. The Hall–Kier alpha value is -0.893. The van der Waals surface area contributed by atoms with Crippen LogP contribution in [0.1, 0.15) is 23.2 Å². The molecule has 0 spiro atoms. The third-order valence-corrected chi connectivity index (χ3v) is 6.44. The molecule has 0 bridgehead atoms. The molecule has 1 aromatic carbocycles. The maximum Gasteiger partial charge on any atom is 0.159 e. The summed E-state index contributed by atoms with van der Waals surface area (Å²) < 4.78 is 0. The second kappa shape index (κ2) is 4.56. The Morgan fingerprint density at radius 3 is 2.43 bits per heavy atom. The molecule has 1 aromatic rings. The lowest BCUT2D eigenvalue weighted by atomic mass is 10.2. The van der Waals surface area contributed by atoms with E-state index in [1.807, 2.05) is 30.3 Å². The molecule has 0 radical (unpaired) electrons. The third-order valence-electron chi connectivity index (χ3n) is 3.04. The summed E-state index contributed by atoms with van der Waals surface area (Å²) in [6.45, 7) is 0. The molecule has 0 aromatic heterocycles. The lowest BCUT2D eigenvalue weighted by molar-refractivity contribution is 0.101. The van der Waals surface area contributed by atoms with E-state index in [1.165, 1.54) is 24.9 Å². The second-order valence-corrected chi connectivity index (χ2v) is 7.44. The van der Waals surface area contributed by atoms with Crippen LogP contribution < -0.4 is 0 Å². The van der Waals surface area contributed by atoms with Crippen LogP contribution in [0.4, 0.5) is 0 Å². The number of Topliss-reactive ketones (excluding diaryl/α,β-unsaturated/α-hetero) is 1. The molecule has 0 atom stereocenters. The highest BCUT2D eigenvalue weighted by Crippen LogP contribution is 2.23. The summed E-state index contributed by atoms with van der Waals surface area (Å²) in [6, 6.07) is 13.4. The lowest BCUT2D eigenvalue weighted by Gasteiger charge is -2.05. The molecule has 1 aliphatic heterocycles. The monoisotopic (exact) mass is 204 g/mol. The maximum absolute atomic E-state index is 11.8. The van der Waals surface area contributed by atoms with Crippen LogP contribution in [-0.4, -0.2) is 14.6 Å². The predicted molar refractivity (Wildman–Crippen MR) is 61.6 cm³/mol. The zero-order chi connectivity index (χ0) is 9.80. The van der Waals surface area contributed by atoms with Gasteiger partial charge in [-0.2, -0.15) is 0 Å². The molecule has 1 fully saturated rings. The zero-order valence-corrected chi connectivity index (χ0v) is 9.56. The van der Waals surface area contributed by atoms with Crippen LogP contribution in [0.3, 0.4) is 0 Å². The van der Waals surface area contributed by atoms with Crippen molar-refractivity contribution in [1.29, 1.82) is 0 Å². The molecular formula is C12H16OSi. The van der Waals surface area contributed by atoms with E-state index in [4.69, 9.17) is 0 Å². The predicted octanol–water partition coefficient (Wildman–Crippen LogP) is 2.89. The van der Waals surface area contributed by atoms with Crippen molar-refractivity contribution in [2.45, 2.75) is 31.0 Å². The molecule has 1 aliphatic rings. The van der Waals surface area contributed by atoms with Crippen LogP contribution in [0, 0.1) is 0 Å². The van der Waals surface area contributed by atoms with E-state index in [0.29, 0.717) is 5.78 Å². The summed E-state index contributed by atoms with van der Waals surface area (Å²) in [4.78, 5) is 11.8. The first kappa shape index (κ1) is 9.65. The summed E-state index contributed by atoms with van der Waals surface area (Å²) in [5.41, 5.74) is 0.909. The molecule has 14 heavy (non-hydrogen) atoms. The Morgan fingerprint density at radius 2 is 1.79 bits per heavy atom. The normalized spacial score (nSPS) is 17.1. The van der Waals surface area contributed by atoms with Gasteiger partial charge in [-0.05, 0) is 0 Å². The number of ketones is 1. The topological polar surface area (TPSA) is 17.1 Å². The highest BCUT2D eigenvalue weighted by Gasteiger charge is 2.20. The van der Waals surface area contributed by atoms with Crippen LogP contribution in [0.25, 0.3) is 0 Å². The zero-order valence-electron chi connectivity index (χ0n) is 8.41. The van der Waals surface area contributed by atoms with E-state index in [0.717, 1.165) is 11.6 Å². The van der Waals surface area contributed by atoms with Crippen molar-refractivity contribution in [2.24, 2.45) is 0 Å². The molecule has 0 aliphatic carbocycles. The van der Waals surface area contributed by atoms with Gasteiger partial charge in [-0.1, -0.05) is 55.3 Å². The number of carbonyl (C=O) groups excluding carboxylic acids is 1. The molecule has 0 unspecified atom stereocenters. The standard InChI is InChI=1S/C12H16OSi/c13-12(10-14-8-4-5-9-14)11-6-2-1-3-7-11/h1-3,6-7,14H,4-5,8-10H2. The van der Waals surface area contributed by atoms with E-state index in [9.17, 15) is 4.79 Å². The Balaban J connectivity index is 1.95. The van der Waals surface area contributed by atoms with Crippen molar-refractivity contribution in [3.63, 3.8) is 0 Å². The first-order chi connectivity index (χ1) is 6.86. The largest absolute Gasteiger partial charge is 0.295 e. The fourth-order valence-corrected chi connectivity index (χ4v) is 5.41. The van der Waals surface area contributed by atoms with Crippen molar-refractivity contribution in [3.8, 4) is 0 Å². The molecule has 2 rings (SSSR count). The van der Waals surface area contributed by atoms with Gasteiger partial charge in [-0.3, -0.25) is 4.79 Å². The Morgan fingerprint density at radius 1 is 1.14 bits per heavy atom. The van der Waals surface area contributed by atoms with Crippen LogP contribution in [0.15, 0.2) is 30.3 Å². The van der Waals surface area contributed by atoms with Gasteiger partial charge in [0, 0.05) is 20.4 Å². The van der Waals surface area contributed by atoms with Gasteiger partial charge >= 0.3 is 0 Å². The Labute approximate surface area is 86.8 Å². The smallest absolute Gasteiger partial charge is 0.159 e. The van der Waals surface area contributed by atoms with Gasteiger partial charge in [-0.25, -0.2) is 0 Å². The van der Waals surface area contributed by atoms with Gasteiger partial charge in [-0.15, -0.1) is 0 Å². The fourth-order valence-electron chi connectivity index (χ4n) is 2.22. The molecule has 1 saturated heterocycles. The van der Waals surface area contributed by atoms with E-state index < -0.39 is 8.80 Å². The Kier molecular flexibility index (Phi) is 3.14. The van der Waals surface area contributed by atoms with Crippen molar-refractivity contribution in [1.82, 2.24) is 0 Å². The number of benzene rings is 1. The van der Waals surface area contributed by atoms with Gasteiger partial charge in [0.25, 0.3) is 0 Å². The fraction of sp³-hybridized carbons (Fsp3) is 0.417. The minimum absolute atomic E-state index is 0.379. The van der Waals surface area contributed by atoms with Crippen molar-refractivity contribution >= 4 is 14.6 Å². The number of hydrogen-bond acceptors (Lipinski definition) is 1. The Bertz CT molecular complexity index is 301. The number of carbonyl (C=O) groups is 1. The summed E-state index contributed by atoms with van der Waals surface area (Å²) in [7, 11) is -0.658. The SMILES string of the molecule is O=C(C[SiH]1CCCC1)c1ccccc1.